The summed E-state index contributed by atoms with van der Waals surface area (Å²) in [4.78, 5) is 3.69. The summed E-state index contributed by atoms with van der Waals surface area (Å²) >= 11 is 7.31. The molecular formula is C19H18Br2N2. The Kier molecular flexibility index (Phi) is 3.87. The third kappa shape index (κ3) is 2.57. The highest BCUT2D eigenvalue weighted by atomic mass is 79.9. The average molecular weight is 434 g/mol. The van der Waals surface area contributed by atoms with Gasteiger partial charge in [-0.3, -0.25) is 0 Å². The minimum Gasteiger partial charge on any atom is -0.357 e. The third-order valence-electron chi connectivity index (χ3n) is 4.66. The van der Waals surface area contributed by atoms with Crippen LogP contribution in [-0.4, -0.2) is 11.5 Å². The van der Waals surface area contributed by atoms with Gasteiger partial charge in [0.2, 0.25) is 0 Å². The summed E-state index contributed by atoms with van der Waals surface area (Å²) in [5.41, 5.74) is 7.97. The van der Waals surface area contributed by atoms with Gasteiger partial charge in [0.15, 0.2) is 0 Å². The molecule has 1 aliphatic rings. The first-order valence-corrected chi connectivity index (χ1v) is 9.43. The second kappa shape index (κ2) is 5.76. The molecule has 2 nitrogen and oxygen atoms in total. The molecule has 1 unspecified atom stereocenters. The Morgan fingerprint density at radius 1 is 1.09 bits per heavy atom. The molecule has 1 aliphatic heterocycles. The Morgan fingerprint density at radius 2 is 1.91 bits per heavy atom. The van der Waals surface area contributed by atoms with Crippen molar-refractivity contribution in [2.24, 2.45) is 0 Å². The standard InChI is InChI=1S/C19H18Br2N2/c1-10-7-11(2)17-13-5-6-22-18(19(13)23-16(17)8-10)14-9-12(20)3-4-15(14)21/h3-4,7-9,18,22-23H,5-6H2,1-2H3. The molecular weight excluding hydrogens is 416 g/mol. The van der Waals surface area contributed by atoms with Crippen molar-refractivity contribution in [3.05, 3.63) is 67.2 Å². The number of hydrogen-bond acceptors (Lipinski definition) is 1. The molecule has 0 amide bonds. The van der Waals surface area contributed by atoms with Crippen molar-refractivity contribution in [3.63, 3.8) is 0 Å². The first kappa shape index (κ1) is 15.4. The van der Waals surface area contributed by atoms with Gasteiger partial charge in [0.05, 0.1) is 6.04 Å². The van der Waals surface area contributed by atoms with Crippen molar-refractivity contribution in [2.75, 3.05) is 6.54 Å². The monoisotopic (exact) mass is 432 g/mol. The SMILES string of the molecule is Cc1cc(C)c2c3c([nH]c2c1)C(c1cc(Br)ccc1Br)NCC3. The largest absolute Gasteiger partial charge is 0.357 e. The minimum absolute atomic E-state index is 0.192. The van der Waals surface area contributed by atoms with Gasteiger partial charge in [0.1, 0.15) is 0 Å². The van der Waals surface area contributed by atoms with Crippen LogP contribution in [0.4, 0.5) is 0 Å². The van der Waals surface area contributed by atoms with E-state index in [0.29, 0.717) is 0 Å². The van der Waals surface area contributed by atoms with Gasteiger partial charge in [-0.1, -0.05) is 37.9 Å². The van der Waals surface area contributed by atoms with Gasteiger partial charge < -0.3 is 10.3 Å². The van der Waals surface area contributed by atoms with Crippen molar-refractivity contribution < 1.29 is 0 Å². The van der Waals surface area contributed by atoms with Crippen LogP contribution in [0.3, 0.4) is 0 Å². The molecule has 0 radical (unpaired) electrons. The van der Waals surface area contributed by atoms with Crippen LogP contribution in [0.15, 0.2) is 39.3 Å². The van der Waals surface area contributed by atoms with Crippen LogP contribution in [0.2, 0.25) is 0 Å². The van der Waals surface area contributed by atoms with Crippen LogP contribution < -0.4 is 5.32 Å². The highest BCUT2D eigenvalue weighted by Gasteiger charge is 2.27. The molecule has 2 aromatic carbocycles. The van der Waals surface area contributed by atoms with E-state index >= 15 is 0 Å². The van der Waals surface area contributed by atoms with Gasteiger partial charge in [-0.15, -0.1) is 0 Å². The summed E-state index contributed by atoms with van der Waals surface area (Å²) in [5, 5.41) is 5.08. The molecule has 4 rings (SSSR count). The van der Waals surface area contributed by atoms with Crippen LogP contribution in [0.25, 0.3) is 10.9 Å². The first-order valence-electron chi connectivity index (χ1n) is 7.84. The van der Waals surface area contributed by atoms with Gasteiger partial charge in [-0.25, -0.2) is 0 Å². The predicted molar refractivity (Wildman–Crippen MR) is 103 cm³/mol. The van der Waals surface area contributed by atoms with Crippen LogP contribution in [0.1, 0.15) is 34.0 Å². The highest BCUT2D eigenvalue weighted by Crippen LogP contribution is 2.38. The van der Waals surface area contributed by atoms with Crippen molar-refractivity contribution in [2.45, 2.75) is 26.3 Å². The Bertz CT molecular complexity index is 911. The van der Waals surface area contributed by atoms with E-state index in [-0.39, 0.29) is 6.04 Å². The smallest absolute Gasteiger partial charge is 0.0743 e. The maximum absolute atomic E-state index is 3.71. The molecule has 3 aromatic rings. The lowest BCUT2D eigenvalue weighted by molar-refractivity contribution is 0.558. The molecule has 1 atom stereocenters. The molecule has 0 saturated carbocycles. The predicted octanol–water partition coefficient (Wildman–Crippen LogP) is 5.54. The summed E-state index contributed by atoms with van der Waals surface area (Å²) in [6, 6.07) is 11.1. The van der Waals surface area contributed by atoms with Gasteiger partial charge in [-0.2, -0.15) is 0 Å². The number of halogens is 2. The van der Waals surface area contributed by atoms with Crippen LogP contribution >= 0.6 is 31.9 Å². The van der Waals surface area contributed by atoms with E-state index < -0.39 is 0 Å². The second-order valence-corrected chi connectivity index (χ2v) is 8.09. The van der Waals surface area contributed by atoms with Crippen molar-refractivity contribution in [1.29, 1.82) is 0 Å². The Balaban J connectivity index is 1.95. The number of aromatic nitrogens is 1. The molecule has 2 heterocycles. The summed E-state index contributed by atoms with van der Waals surface area (Å²) < 4.78 is 2.24. The Labute approximate surface area is 152 Å². The molecule has 4 heteroatoms. The number of aromatic amines is 1. The zero-order valence-corrected chi connectivity index (χ0v) is 16.3. The second-order valence-electron chi connectivity index (χ2n) is 6.32. The topological polar surface area (TPSA) is 27.8 Å². The number of nitrogens with one attached hydrogen (secondary N) is 2. The molecule has 23 heavy (non-hydrogen) atoms. The lowest BCUT2D eigenvalue weighted by atomic mass is 9.93. The fourth-order valence-electron chi connectivity index (χ4n) is 3.77. The van der Waals surface area contributed by atoms with Gasteiger partial charge in [-0.05, 0) is 66.8 Å². The van der Waals surface area contributed by atoms with E-state index in [1.165, 1.54) is 38.9 Å². The number of hydrogen-bond donors (Lipinski definition) is 2. The van der Waals surface area contributed by atoms with E-state index in [1.807, 2.05) is 0 Å². The number of aryl methyl sites for hydroxylation is 2. The van der Waals surface area contributed by atoms with Crippen LogP contribution in [0, 0.1) is 13.8 Å². The molecule has 0 bridgehead atoms. The fraction of sp³-hybridized carbons (Fsp3) is 0.263. The first-order chi connectivity index (χ1) is 11.0. The molecule has 0 saturated heterocycles. The van der Waals surface area contributed by atoms with Gasteiger partial charge in [0, 0.05) is 32.1 Å². The fourth-order valence-corrected chi connectivity index (χ4v) is 4.63. The minimum atomic E-state index is 0.192. The zero-order chi connectivity index (χ0) is 16.1. The molecule has 118 valence electrons. The molecule has 0 fully saturated rings. The maximum Gasteiger partial charge on any atom is 0.0743 e. The molecule has 0 aliphatic carbocycles. The maximum atomic E-state index is 3.71. The van der Waals surface area contributed by atoms with E-state index in [2.05, 4.69) is 86.3 Å². The highest BCUT2D eigenvalue weighted by molar-refractivity contribution is 9.11. The van der Waals surface area contributed by atoms with Crippen molar-refractivity contribution in [1.82, 2.24) is 10.3 Å². The van der Waals surface area contributed by atoms with Crippen molar-refractivity contribution in [3.8, 4) is 0 Å². The van der Waals surface area contributed by atoms with Gasteiger partial charge in [0.25, 0.3) is 0 Å². The number of rotatable bonds is 1. The number of fused-ring (bicyclic) bond motifs is 3. The van der Waals surface area contributed by atoms with Gasteiger partial charge >= 0.3 is 0 Å². The summed E-state index contributed by atoms with van der Waals surface area (Å²) in [7, 11) is 0. The third-order valence-corrected chi connectivity index (χ3v) is 5.87. The van der Waals surface area contributed by atoms with Crippen LogP contribution in [-0.2, 0) is 6.42 Å². The summed E-state index contributed by atoms with van der Waals surface area (Å²) in [6.45, 7) is 5.37. The molecule has 0 spiro atoms. The van der Waals surface area contributed by atoms with E-state index in [4.69, 9.17) is 0 Å². The van der Waals surface area contributed by atoms with Crippen molar-refractivity contribution >= 4 is 42.8 Å². The number of benzene rings is 2. The number of H-pyrrole nitrogens is 1. The Hall–Kier alpha value is -1.10. The van der Waals surface area contributed by atoms with Crippen LogP contribution in [0.5, 0.6) is 0 Å². The zero-order valence-electron chi connectivity index (χ0n) is 13.1. The lowest BCUT2D eigenvalue weighted by Gasteiger charge is -2.26. The average Bonchev–Trinajstić information content (AvgIpc) is 2.88. The Morgan fingerprint density at radius 3 is 2.74 bits per heavy atom. The summed E-state index contributed by atoms with van der Waals surface area (Å²) in [5.74, 6) is 0. The summed E-state index contributed by atoms with van der Waals surface area (Å²) in [6.07, 6.45) is 1.07. The van der Waals surface area contributed by atoms with E-state index in [1.54, 1.807) is 0 Å². The normalized spacial score (nSPS) is 17.5. The quantitative estimate of drug-likeness (QED) is 0.517. The molecule has 1 aromatic heterocycles. The van der Waals surface area contributed by atoms with E-state index in [0.717, 1.165) is 21.9 Å². The lowest BCUT2D eigenvalue weighted by Crippen LogP contribution is -2.30. The van der Waals surface area contributed by atoms with E-state index in [9.17, 15) is 0 Å². The molecule has 2 N–H and O–H groups in total.